The number of pyridine rings is 1. The fourth-order valence-electron chi connectivity index (χ4n) is 5.31. The molecule has 1 aromatic carbocycles. The lowest BCUT2D eigenvalue weighted by atomic mass is 10.1. The Morgan fingerprint density at radius 3 is 2.81 bits per heavy atom. The number of carbonyl (C=O) groups is 1. The SMILES string of the molecule is Cn1c(-c2cc3cccnc3n2CC2CC2)nc2cc(C(=O)N(CCNCOC(C)(C)C)CCc3cnc[nH]3)ccc21. The van der Waals surface area contributed by atoms with E-state index in [2.05, 4.69) is 41.5 Å². The zero-order chi connectivity index (χ0) is 29.3. The monoisotopic (exact) mass is 568 g/mol. The van der Waals surface area contributed by atoms with Gasteiger partial charge in [-0.2, -0.15) is 0 Å². The molecule has 1 saturated carbocycles. The zero-order valence-corrected chi connectivity index (χ0v) is 24.9. The van der Waals surface area contributed by atoms with Gasteiger partial charge in [0.15, 0.2) is 5.82 Å². The highest BCUT2D eigenvalue weighted by atomic mass is 16.5. The molecule has 0 aliphatic heterocycles. The van der Waals surface area contributed by atoms with Crippen LogP contribution in [0.1, 0.15) is 49.7 Å². The molecule has 0 atom stereocenters. The molecule has 1 aliphatic carbocycles. The third kappa shape index (κ3) is 6.24. The molecule has 10 nitrogen and oxygen atoms in total. The molecule has 5 aromatic rings. The van der Waals surface area contributed by atoms with Crippen LogP contribution < -0.4 is 5.32 Å². The highest BCUT2D eigenvalue weighted by molar-refractivity contribution is 5.98. The number of imidazole rings is 2. The van der Waals surface area contributed by atoms with Gasteiger partial charge >= 0.3 is 0 Å². The molecule has 42 heavy (non-hydrogen) atoms. The normalized spacial score (nSPS) is 13.8. The standard InChI is InChI=1S/C32H40N8O2/c1-32(2,3)42-21-33-13-15-39(14-11-25-18-34-20-36-25)31(41)24-9-10-27-26(16-24)37-30(38(27)4)28-17-23-6-5-12-35-29(23)40(28)19-22-7-8-22/h5-6,9-10,12,16-18,20,22,33H,7-8,11,13-15,19,21H2,1-4H3,(H,34,36). The second kappa shape index (κ2) is 11.7. The van der Waals surface area contributed by atoms with E-state index in [1.807, 2.05) is 63.2 Å². The number of benzene rings is 1. The molecular formula is C32H40N8O2. The Morgan fingerprint density at radius 2 is 2.05 bits per heavy atom. The van der Waals surface area contributed by atoms with Gasteiger partial charge in [0, 0.05) is 68.7 Å². The van der Waals surface area contributed by atoms with Crippen molar-refractivity contribution in [2.45, 2.75) is 52.2 Å². The number of aromatic amines is 1. The first-order valence-electron chi connectivity index (χ1n) is 14.8. The second-order valence-corrected chi connectivity index (χ2v) is 12.2. The lowest BCUT2D eigenvalue weighted by Crippen LogP contribution is -2.39. The van der Waals surface area contributed by atoms with Crippen LogP contribution in [0.5, 0.6) is 0 Å². The van der Waals surface area contributed by atoms with Crippen molar-refractivity contribution in [3.63, 3.8) is 0 Å². The molecule has 10 heteroatoms. The molecule has 1 fully saturated rings. The number of rotatable bonds is 12. The van der Waals surface area contributed by atoms with Gasteiger partial charge < -0.3 is 23.8 Å². The molecule has 4 aromatic heterocycles. The molecule has 4 heterocycles. The first-order chi connectivity index (χ1) is 20.3. The van der Waals surface area contributed by atoms with Gasteiger partial charge in [0.2, 0.25) is 0 Å². The van der Waals surface area contributed by atoms with Gasteiger partial charge in [-0.15, -0.1) is 0 Å². The third-order valence-electron chi connectivity index (χ3n) is 7.81. The fraction of sp³-hybridized carbons (Fsp3) is 0.438. The summed E-state index contributed by atoms with van der Waals surface area (Å²) < 4.78 is 10.2. The summed E-state index contributed by atoms with van der Waals surface area (Å²) in [4.78, 5) is 32.7. The summed E-state index contributed by atoms with van der Waals surface area (Å²) in [5, 5.41) is 4.42. The number of H-pyrrole nitrogens is 1. The zero-order valence-electron chi connectivity index (χ0n) is 24.9. The number of hydrogen-bond acceptors (Lipinski definition) is 6. The number of nitrogens with zero attached hydrogens (tertiary/aromatic N) is 6. The molecule has 0 spiro atoms. The van der Waals surface area contributed by atoms with E-state index in [-0.39, 0.29) is 11.5 Å². The van der Waals surface area contributed by atoms with Crippen LogP contribution >= 0.6 is 0 Å². The summed E-state index contributed by atoms with van der Waals surface area (Å²) in [5.41, 5.74) is 5.26. The molecule has 0 saturated heterocycles. The van der Waals surface area contributed by atoms with Gasteiger partial charge in [-0.1, -0.05) is 0 Å². The molecular weight excluding hydrogens is 528 g/mol. The maximum absolute atomic E-state index is 13.8. The Balaban J connectivity index is 1.25. The first-order valence-corrected chi connectivity index (χ1v) is 14.8. The van der Waals surface area contributed by atoms with Crippen LogP contribution in [0.3, 0.4) is 0 Å². The number of carbonyl (C=O) groups excluding carboxylic acids is 1. The van der Waals surface area contributed by atoms with Crippen LogP contribution in [0.2, 0.25) is 0 Å². The highest BCUT2D eigenvalue weighted by Gasteiger charge is 2.26. The minimum Gasteiger partial charge on any atom is -0.361 e. The number of aromatic nitrogens is 6. The van der Waals surface area contributed by atoms with Crippen molar-refractivity contribution >= 4 is 28.0 Å². The maximum atomic E-state index is 13.8. The topological polar surface area (TPSA) is 106 Å². The van der Waals surface area contributed by atoms with E-state index in [9.17, 15) is 4.79 Å². The van der Waals surface area contributed by atoms with Gasteiger partial charge in [0.1, 0.15) is 5.65 Å². The van der Waals surface area contributed by atoms with E-state index in [4.69, 9.17) is 9.72 Å². The number of nitrogens with one attached hydrogen (secondary N) is 2. The number of amides is 1. The lowest BCUT2D eigenvalue weighted by Gasteiger charge is -2.24. The highest BCUT2D eigenvalue weighted by Crippen LogP contribution is 2.36. The average Bonchev–Trinajstić information content (AvgIpc) is 3.34. The van der Waals surface area contributed by atoms with E-state index in [0.717, 1.165) is 45.8 Å². The van der Waals surface area contributed by atoms with Crippen LogP contribution in [0.25, 0.3) is 33.6 Å². The van der Waals surface area contributed by atoms with Crippen LogP contribution in [0.15, 0.2) is 55.1 Å². The summed E-state index contributed by atoms with van der Waals surface area (Å²) in [7, 11) is 2.04. The molecule has 220 valence electrons. The van der Waals surface area contributed by atoms with Gasteiger partial charge in [-0.25, -0.2) is 15.0 Å². The fourth-order valence-corrected chi connectivity index (χ4v) is 5.31. The van der Waals surface area contributed by atoms with E-state index in [1.165, 1.54) is 12.8 Å². The van der Waals surface area contributed by atoms with Gasteiger partial charge in [-0.3, -0.25) is 10.1 Å². The molecule has 1 amide bonds. The Labute approximate surface area is 246 Å². The van der Waals surface area contributed by atoms with Crippen LogP contribution in [0, 0.1) is 5.92 Å². The van der Waals surface area contributed by atoms with Crippen LogP contribution in [0.4, 0.5) is 0 Å². The summed E-state index contributed by atoms with van der Waals surface area (Å²) in [6.45, 7) is 9.21. The summed E-state index contributed by atoms with van der Waals surface area (Å²) >= 11 is 0. The van der Waals surface area contributed by atoms with Crippen LogP contribution in [-0.4, -0.2) is 71.8 Å². The molecule has 2 N–H and O–H groups in total. The predicted molar refractivity (Wildman–Crippen MR) is 164 cm³/mol. The smallest absolute Gasteiger partial charge is 0.253 e. The van der Waals surface area contributed by atoms with Crippen molar-refractivity contribution in [1.29, 1.82) is 0 Å². The first kappa shape index (κ1) is 28.1. The van der Waals surface area contributed by atoms with Crippen molar-refractivity contribution in [3.05, 3.63) is 66.4 Å². The van der Waals surface area contributed by atoms with Crippen molar-refractivity contribution in [2.24, 2.45) is 13.0 Å². The quantitative estimate of drug-likeness (QED) is 0.166. The number of fused-ring (bicyclic) bond motifs is 2. The minimum atomic E-state index is -0.219. The Kier molecular flexibility index (Phi) is 7.83. The Morgan fingerprint density at radius 1 is 1.19 bits per heavy atom. The second-order valence-electron chi connectivity index (χ2n) is 12.2. The maximum Gasteiger partial charge on any atom is 0.253 e. The number of hydrogen-bond donors (Lipinski definition) is 2. The third-order valence-corrected chi connectivity index (χ3v) is 7.81. The molecule has 0 bridgehead atoms. The summed E-state index contributed by atoms with van der Waals surface area (Å²) in [5.74, 6) is 1.56. The molecule has 0 radical (unpaired) electrons. The summed E-state index contributed by atoms with van der Waals surface area (Å²) in [6, 6.07) is 12.1. The van der Waals surface area contributed by atoms with Gasteiger partial charge in [-0.05, 0) is 75.9 Å². The number of aryl methyl sites for hydroxylation is 1. The van der Waals surface area contributed by atoms with Crippen molar-refractivity contribution in [1.82, 2.24) is 39.3 Å². The predicted octanol–water partition coefficient (Wildman–Crippen LogP) is 4.77. The van der Waals surface area contributed by atoms with Crippen molar-refractivity contribution < 1.29 is 9.53 Å². The van der Waals surface area contributed by atoms with Gasteiger partial charge in [0.25, 0.3) is 5.91 Å². The minimum absolute atomic E-state index is 0.0193. The Bertz CT molecular complexity index is 1670. The molecule has 1 aliphatic rings. The van der Waals surface area contributed by atoms with Crippen molar-refractivity contribution in [2.75, 3.05) is 26.4 Å². The van der Waals surface area contributed by atoms with E-state index in [0.29, 0.717) is 44.3 Å². The lowest BCUT2D eigenvalue weighted by molar-refractivity contribution is -0.0136. The van der Waals surface area contributed by atoms with E-state index in [1.54, 1.807) is 12.5 Å². The van der Waals surface area contributed by atoms with Gasteiger partial charge in [0.05, 0.1) is 35.4 Å². The summed E-state index contributed by atoms with van der Waals surface area (Å²) in [6.07, 6.45) is 8.54. The van der Waals surface area contributed by atoms with E-state index >= 15 is 0 Å². The molecule has 0 unspecified atom stereocenters. The van der Waals surface area contributed by atoms with E-state index < -0.39 is 0 Å². The van der Waals surface area contributed by atoms with Crippen LogP contribution in [-0.2, 0) is 24.8 Å². The largest absolute Gasteiger partial charge is 0.361 e. The molecule has 6 rings (SSSR count). The Hall–Kier alpha value is -4.02. The average molecular weight is 569 g/mol. The van der Waals surface area contributed by atoms with Crippen molar-refractivity contribution in [3.8, 4) is 11.5 Å². The number of ether oxygens (including phenoxy) is 1.